The number of benzene rings is 2. The average Bonchev–Trinajstić information content (AvgIpc) is 3.09. The minimum absolute atomic E-state index is 0.129. The van der Waals surface area contributed by atoms with Crippen LogP contribution in [0.4, 0.5) is 5.69 Å². The smallest absolute Gasteiger partial charge is 0.331 e. The number of fused-ring (bicyclic) bond motifs is 1. The van der Waals surface area contributed by atoms with Crippen molar-refractivity contribution in [3.8, 4) is 0 Å². The normalized spacial score (nSPS) is 19.9. The molecule has 1 heterocycles. The summed E-state index contributed by atoms with van der Waals surface area (Å²) in [4.78, 5) is 24.5. The highest BCUT2D eigenvalue weighted by atomic mass is 16.5. The average molecular weight is 383 g/mol. The first kappa shape index (κ1) is 19.9. The van der Waals surface area contributed by atoms with E-state index >= 15 is 0 Å². The van der Waals surface area contributed by atoms with Crippen LogP contribution in [-0.2, 0) is 27.4 Å². The van der Waals surface area contributed by atoms with Crippen LogP contribution in [0.1, 0.15) is 18.1 Å². The minimum atomic E-state index is -1.31. The van der Waals surface area contributed by atoms with E-state index < -0.39 is 29.6 Å². The maximum absolute atomic E-state index is 12.4. The summed E-state index contributed by atoms with van der Waals surface area (Å²) in [7, 11) is 0. The summed E-state index contributed by atoms with van der Waals surface area (Å²) in [5.74, 6) is -2.10. The Morgan fingerprint density at radius 3 is 2.54 bits per heavy atom. The number of anilines is 1. The van der Waals surface area contributed by atoms with Crippen molar-refractivity contribution < 1.29 is 19.4 Å². The molecule has 7 nitrogen and oxygen atoms in total. The van der Waals surface area contributed by atoms with Gasteiger partial charge in [-0.25, -0.2) is 4.79 Å². The summed E-state index contributed by atoms with van der Waals surface area (Å²) in [6, 6.07) is 15.7. The van der Waals surface area contributed by atoms with Crippen LogP contribution in [0.2, 0.25) is 0 Å². The van der Waals surface area contributed by atoms with Gasteiger partial charge in [-0.1, -0.05) is 55.5 Å². The molecule has 2 aromatic rings. The van der Waals surface area contributed by atoms with Gasteiger partial charge >= 0.3 is 5.97 Å². The molecule has 0 radical (unpaired) electrons. The molecule has 2 aromatic carbocycles. The SMILES string of the molecule is CC(CN)C(=O)N[C@H](C(=O)O)C1(OCc2ccccc2)Cc2ccccc2N1. The number of nitrogens with one attached hydrogen (secondary N) is 2. The van der Waals surface area contributed by atoms with Crippen LogP contribution in [0, 0.1) is 5.92 Å². The summed E-state index contributed by atoms with van der Waals surface area (Å²) in [5, 5.41) is 15.7. The van der Waals surface area contributed by atoms with Crippen LogP contribution in [-0.4, -0.2) is 35.3 Å². The van der Waals surface area contributed by atoms with Crippen LogP contribution in [0.3, 0.4) is 0 Å². The topological polar surface area (TPSA) is 114 Å². The minimum Gasteiger partial charge on any atom is -0.480 e. The Bertz CT molecular complexity index is 816. The molecule has 0 aliphatic carbocycles. The molecule has 0 bridgehead atoms. The lowest BCUT2D eigenvalue weighted by Gasteiger charge is -2.36. The second-order valence-corrected chi connectivity index (χ2v) is 7.04. The van der Waals surface area contributed by atoms with Crippen LogP contribution in [0.25, 0.3) is 0 Å². The number of amides is 1. The first-order chi connectivity index (χ1) is 13.4. The van der Waals surface area contributed by atoms with E-state index in [9.17, 15) is 14.7 Å². The van der Waals surface area contributed by atoms with E-state index in [1.165, 1.54) is 0 Å². The summed E-state index contributed by atoms with van der Waals surface area (Å²) < 4.78 is 6.16. The predicted molar refractivity (Wildman–Crippen MR) is 106 cm³/mol. The lowest BCUT2D eigenvalue weighted by Crippen LogP contribution is -2.62. The number of carbonyl (C=O) groups excluding carboxylic acids is 1. The molecule has 5 N–H and O–H groups in total. The number of hydrogen-bond acceptors (Lipinski definition) is 5. The van der Waals surface area contributed by atoms with E-state index in [-0.39, 0.29) is 13.2 Å². The number of nitrogens with two attached hydrogens (primary N) is 1. The Labute approximate surface area is 163 Å². The molecule has 0 spiro atoms. The molecule has 2 unspecified atom stereocenters. The number of carbonyl (C=O) groups is 2. The number of carboxylic acids is 1. The molecule has 1 amide bonds. The molecular formula is C21H25N3O4. The zero-order chi connectivity index (χ0) is 20.1. The lowest BCUT2D eigenvalue weighted by atomic mass is 9.97. The highest BCUT2D eigenvalue weighted by Gasteiger charge is 2.49. The van der Waals surface area contributed by atoms with Crippen molar-refractivity contribution >= 4 is 17.6 Å². The Morgan fingerprint density at radius 2 is 1.89 bits per heavy atom. The van der Waals surface area contributed by atoms with Crippen molar-refractivity contribution in [2.45, 2.75) is 31.7 Å². The van der Waals surface area contributed by atoms with Gasteiger partial charge in [0.15, 0.2) is 11.8 Å². The first-order valence-electron chi connectivity index (χ1n) is 9.22. The number of ether oxygens (including phenoxy) is 1. The summed E-state index contributed by atoms with van der Waals surface area (Å²) in [6.07, 6.45) is 0.310. The van der Waals surface area contributed by atoms with E-state index in [4.69, 9.17) is 10.5 Å². The Kier molecular flexibility index (Phi) is 5.96. The van der Waals surface area contributed by atoms with E-state index in [2.05, 4.69) is 10.6 Å². The quantitative estimate of drug-likeness (QED) is 0.552. The molecule has 3 rings (SSSR count). The third-order valence-electron chi connectivity index (χ3n) is 4.96. The van der Waals surface area contributed by atoms with Crippen molar-refractivity contribution in [3.63, 3.8) is 0 Å². The maximum Gasteiger partial charge on any atom is 0.331 e. The molecule has 3 atom stereocenters. The van der Waals surface area contributed by atoms with Gasteiger partial charge in [-0.3, -0.25) is 4.79 Å². The highest BCUT2D eigenvalue weighted by Crippen LogP contribution is 2.36. The highest BCUT2D eigenvalue weighted by molar-refractivity contribution is 5.86. The van der Waals surface area contributed by atoms with Crippen molar-refractivity contribution in [1.29, 1.82) is 0 Å². The van der Waals surface area contributed by atoms with Gasteiger partial charge in [0.2, 0.25) is 5.91 Å². The third-order valence-corrected chi connectivity index (χ3v) is 4.96. The van der Waals surface area contributed by atoms with E-state index in [0.29, 0.717) is 6.42 Å². The van der Waals surface area contributed by atoms with Crippen molar-refractivity contribution in [2.75, 3.05) is 11.9 Å². The van der Waals surface area contributed by atoms with Gasteiger partial charge in [0.1, 0.15) is 0 Å². The summed E-state index contributed by atoms with van der Waals surface area (Å²) in [6.45, 7) is 1.99. The molecular weight excluding hydrogens is 358 g/mol. The number of carboxylic acid groups (broad SMARTS) is 1. The van der Waals surface area contributed by atoms with Crippen LogP contribution < -0.4 is 16.4 Å². The van der Waals surface area contributed by atoms with Crippen molar-refractivity contribution in [3.05, 3.63) is 65.7 Å². The van der Waals surface area contributed by atoms with Crippen molar-refractivity contribution in [1.82, 2.24) is 5.32 Å². The monoisotopic (exact) mass is 383 g/mol. The van der Waals surface area contributed by atoms with E-state index in [1.807, 2.05) is 54.6 Å². The van der Waals surface area contributed by atoms with E-state index in [1.54, 1.807) is 6.92 Å². The Morgan fingerprint density at radius 1 is 1.21 bits per heavy atom. The predicted octanol–water partition coefficient (Wildman–Crippen LogP) is 1.73. The zero-order valence-corrected chi connectivity index (χ0v) is 15.7. The standard InChI is InChI=1S/C21H25N3O4/c1-14(12-22)19(25)23-18(20(26)27)21(28-13-15-7-3-2-4-8-15)11-16-9-5-6-10-17(16)24-21/h2-10,14,18,24H,11-13,22H2,1H3,(H,23,25)(H,26,27)/t14?,18-,21?/m1/s1. The number of rotatable bonds is 8. The van der Waals surface area contributed by atoms with Gasteiger partial charge < -0.3 is 26.2 Å². The lowest BCUT2D eigenvalue weighted by molar-refractivity contribution is -0.153. The second kappa shape index (κ2) is 8.41. The van der Waals surface area contributed by atoms with Gasteiger partial charge in [-0.15, -0.1) is 0 Å². The van der Waals surface area contributed by atoms with Gasteiger partial charge in [-0.2, -0.15) is 0 Å². The largest absolute Gasteiger partial charge is 0.480 e. The molecule has 0 saturated heterocycles. The fraction of sp³-hybridized carbons (Fsp3) is 0.333. The molecule has 0 saturated carbocycles. The molecule has 1 aliphatic heterocycles. The van der Waals surface area contributed by atoms with Crippen LogP contribution in [0.5, 0.6) is 0 Å². The van der Waals surface area contributed by atoms with E-state index in [0.717, 1.165) is 16.8 Å². The van der Waals surface area contributed by atoms with Gasteiger partial charge in [0, 0.05) is 24.6 Å². The van der Waals surface area contributed by atoms with Gasteiger partial charge in [-0.05, 0) is 17.2 Å². The first-order valence-corrected chi connectivity index (χ1v) is 9.22. The Balaban J connectivity index is 1.90. The number of aliphatic carboxylic acids is 1. The maximum atomic E-state index is 12.4. The zero-order valence-electron chi connectivity index (χ0n) is 15.7. The second-order valence-electron chi connectivity index (χ2n) is 7.04. The molecule has 28 heavy (non-hydrogen) atoms. The fourth-order valence-electron chi connectivity index (χ4n) is 3.25. The van der Waals surface area contributed by atoms with Crippen LogP contribution >= 0.6 is 0 Å². The molecule has 7 heteroatoms. The Hall–Kier alpha value is -2.90. The number of para-hydroxylation sites is 1. The molecule has 1 aliphatic rings. The van der Waals surface area contributed by atoms with Crippen LogP contribution in [0.15, 0.2) is 54.6 Å². The number of hydrogen-bond donors (Lipinski definition) is 4. The summed E-state index contributed by atoms with van der Waals surface area (Å²) >= 11 is 0. The third kappa shape index (κ3) is 4.16. The van der Waals surface area contributed by atoms with Gasteiger partial charge in [0.25, 0.3) is 0 Å². The van der Waals surface area contributed by atoms with Crippen molar-refractivity contribution in [2.24, 2.45) is 11.7 Å². The summed E-state index contributed by atoms with van der Waals surface area (Å²) in [5.41, 5.74) is 6.88. The molecule has 0 fully saturated rings. The molecule has 0 aromatic heterocycles. The molecule has 148 valence electrons. The van der Waals surface area contributed by atoms with Gasteiger partial charge in [0.05, 0.1) is 6.61 Å². The fourth-order valence-corrected chi connectivity index (χ4v) is 3.25.